The largest absolute Gasteiger partial charge is 0.368 e. The highest BCUT2D eigenvalue weighted by Gasteiger charge is 2.30. The minimum Gasteiger partial charge on any atom is -0.368 e. The Morgan fingerprint density at radius 2 is 0.763 bits per heavy atom. The SMILES string of the molecule is C[C@H](N)C(=O)NCCCC[C@H](NC(=O)[C@H](C)N)C(=O)NCCCC[C@H](NC(=O)[C@H](CCCCNC(=O)[C@H](C)N)NC(=O)[C@H](C)N)C(=O)N[C@@H](Cc1ccccc1)C(N)=O. The molecular formula is C39H68N12O8. The van der Waals surface area contributed by atoms with Crippen molar-refractivity contribution in [1.82, 2.24) is 37.2 Å². The lowest BCUT2D eigenvalue weighted by Crippen LogP contribution is -2.57. The molecule has 1 rings (SSSR count). The normalized spacial score (nSPS) is 15.1. The molecule has 0 aromatic heterocycles. The monoisotopic (exact) mass is 833 g/mol. The Morgan fingerprint density at radius 1 is 0.441 bits per heavy atom. The molecule has 1 aromatic rings. The highest BCUT2D eigenvalue weighted by Crippen LogP contribution is 2.09. The lowest BCUT2D eigenvalue weighted by molar-refractivity contribution is -0.133. The Balaban J connectivity index is 3.07. The molecule has 20 nitrogen and oxygen atoms in total. The van der Waals surface area contributed by atoms with Crippen LogP contribution in [0.4, 0.5) is 0 Å². The molecule has 0 heterocycles. The van der Waals surface area contributed by atoms with Gasteiger partial charge in [-0.1, -0.05) is 30.3 Å². The van der Waals surface area contributed by atoms with Crippen molar-refractivity contribution < 1.29 is 38.4 Å². The minimum absolute atomic E-state index is 0.0690. The van der Waals surface area contributed by atoms with E-state index in [9.17, 15) is 38.4 Å². The molecule has 17 N–H and O–H groups in total. The molecule has 20 heteroatoms. The number of amides is 8. The molecule has 8 amide bonds. The molecule has 0 saturated carbocycles. The van der Waals surface area contributed by atoms with Crippen LogP contribution in [0.5, 0.6) is 0 Å². The molecule has 332 valence electrons. The van der Waals surface area contributed by atoms with E-state index in [-0.39, 0.29) is 44.0 Å². The maximum Gasteiger partial charge on any atom is 0.243 e. The highest BCUT2D eigenvalue weighted by molar-refractivity contribution is 5.94. The van der Waals surface area contributed by atoms with E-state index in [1.165, 1.54) is 13.8 Å². The third-order valence-electron chi connectivity index (χ3n) is 9.15. The molecule has 0 unspecified atom stereocenters. The summed E-state index contributed by atoms with van der Waals surface area (Å²) >= 11 is 0. The van der Waals surface area contributed by atoms with Crippen molar-refractivity contribution in [2.45, 2.75) is 140 Å². The average Bonchev–Trinajstić information content (AvgIpc) is 3.18. The summed E-state index contributed by atoms with van der Waals surface area (Å²) in [4.78, 5) is 102. The van der Waals surface area contributed by atoms with Crippen LogP contribution in [0.1, 0.15) is 91.0 Å². The summed E-state index contributed by atoms with van der Waals surface area (Å²) in [5.41, 5.74) is 29.0. The van der Waals surface area contributed by atoms with Crippen LogP contribution in [0.2, 0.25) is 0 Å². The minimum atomic E-state index is -1.18. The van der Waals surface area contributed by atoms with Crippen molar-refractivity contribution in [1.29, 1.82) is 0 Å². The van der Waals surface area contributed by atoms with Gasteiger partial charge in [0.05, 0.1) is 24.2 Å². The van der Waals surface area contributed by atoms with Crippen molar-refractivity contribution in [2.75, 3.05) is 19.6 Å². The zero-order chi connectivity index (χ0) is 44.5. The van der Waals surface area contributed by atoms with Crippen molar-refractivity contribution in [3.63, 3.8) is 0 Å². The Morgan fingerprint density at radius 3 is 1.12 bits per heavy atom. The average molecular weight is 833 g/mol. The van der Waals surface area contributed by atoms with Gasteiger partial charge < -0.3 is 65.9 Å². The predicted molar refractivity (Wildman–Crippen MR) is 222 cm³/mol. The summed E-state index contributed by atoms with van der Waals surface area (Å²) in [6.07, 6.45) is 3.17. The van der Waals surface area contributed by atoms with Crippen LogP contribution in [-0.2, 0) is 44.8 Å². The molecule has 8 atom stereocenters. The van der Waals surface area contributed by atoms with E-state index in [0.29, 0.717) is 51.6 Å². The van der Waals surface area contributed by atoms with E-state index in [1.807, 2.05) is 0 Å². The first kappa shape index (κ1) is 51.8. The molecule has 0 aliphatic heterocycles. The first-order chi connectivity index (χ1) is 27.8. The quantitative estimate of drug-likeness (QED) is 0.0358. The number of benzene rings is 1. The zero-order valence-electron chi connectivity index (χ0n) is 34.9. The van der Waals surface area contributed by atoms with Crippen LogP contribution in [0.3, 0.4) is 0 Å². The second kappa shape index (κ2) is 28.3. The van der Waals surface area contributed by atoms with Gasteiger partial charge in [-0.15, -0.1) is 0 Å². The standard InChI is InChI=1S/C39H68N12O8/c1-23(40)33(53)45-19-11-8-16-28(48-35(55)25(3)42)37(57)47-21-13-10-18-30(39(59)51-31(32(44)52)22-27-14-6-5-7-15-27)50-38(58)29(49-36(56)26(4)43)17-9-12-20-46-34(54)24(2)41/h5-7,14-15,23-26,28-31H,8-13,16-22,40-43H2,1-4H3,(H2,44,52)(H,45,53)(H,46,54)(H,47,57)(H,48,55)(H,49,56)(H,50,58)(H,51,59)/t23-,24-,25-,26-,28-,29-,30-,31-/m0/s1. The van der Waals surface area contributed by atoms with Gasteiger partial charge in [0, 0.05) is 26.1 Å². The maximum atomic E-state index is 13.8. The first-order valence-corrected chi connectivity index (χ1v) is 20.2. The van der Waals surface area contributed by atoms with Crippen LogP contribution in [0.25, 0.3) is 0 Å². The molecular weight excluding hydrogens is 765 g/mol. The predicted octanol–water partition coefficient (Wildman–Crippen LogP) is -3.10. The van der Waals surface area contributed by atoms with Crippen LogP contribution < -0.4 is 65.9 Å². The van der Waals surface area contributed by atoms with Crippen molar-refractivity contribution in [3.8, 4) is 0 Å². The van der Waals surface area contributed by atoms with E-state index in [2.05, 4.69) is 37.2 Å². The van der Waals surface area contributed by atoms with E-state index >= 15 is 0 Å². The van der Waals surface area contributed by atoms with Crippen molar-refractivity contribution >= 4 is 47.3 Å². The lowest BCUT2D eigenvalue weighted by Gasteiger charge is -2.25. The van der Waals surface area contributed by atoms with Gasteiger partial charge in [0.2, 0.25) is 47.3 Å². The summed E-state index contributed by atoms with van der Waals surface area (Å²) < 4.78 is 0. The third-order valence-corrected chi connectivity index (χ3v) is 9.15. The second-order valence-electron chi connectivity index (χ2n) is 14.9. The van der Waals surface area contributed by atoms with E-state index in [4.69, 9.17) is 28.7 Å². The number of carbonyl (C=O) groups excluding carboxylic acids is 8. The molecule has 0 aliphatic carbocycles. The van der Waals surface area contributed by atoms with Gasteiger partial charge in [-0.25, -0.2) is 0 Å². The highest BCUT2D eigenvalue weighted by atomic mass is 16.2. The molecule has 59 heavy (non-hydrogen) atoms. The van der Waals surface area contributed by atoms with Crippen molar-refractivity contribution in [2.24, 2.45) is 28.7 Å². The lowest BCUT2D eigenvalue weighted by atomic mass is 10.0. The fourth-order valence-corrected chi connectivity index (χ4v) is 5.53. The van der Waals surface area contributed by atoms with Crippen molar-refractivity contribution in [3.05, 3.63) is 35.9 Å². The van der Waals surface area contributed by atoms with Gasteiger partial charge in [-0.05, 0) is 91.0 Å². The van der Waals surface area contributed by atoms with Gasteiger partial charge in [0.25, 0.3) is 0 Å². The molecule has 0 saturated heterocycles. The summed E-state index contributed by atoms with van der Waals surface area (Å²) in [5, 5.41) is 18.8. The first-order valence-electron chi connectivity index (χ1n) is 20.2. The topological polar surface area (TPSA) is 351 Å². The fourth-order valence-electron chi connectivity index (χ4n) is 5.53. The Labute approximate surface area is 346 Å². The van der Waals surface area contributed by atoms with Crippen LogP contribution in [0.15, 0.2) is 30.3 Å². The summed E-state index contributed by atoms with van der Waals surface area (Å²) in [7, 11) is 0. The summed E-state index contributed by atoms with van der Waals surface area (Å²) in [5.74, 6) is -4.32. The number of carbonyl (C=O) groups is 8. The number of nitrogens with two attached hydrogens (primary N) is 5. The fraction of sp³-hybridized carbons (Fsp3) is 0.641. The van der Waals surface area contributed by atoms with Gasteiger partial charge in [0.15, 0.2) is 0 Å². The van der Waals surface area contributed by atoms with Gasteiger partial charge in [0.1, 0.15) is 24.2 Å². The molecule has 1 aromatic carbocycles. The maximum absolute atomic E-state index is 13.8. The number of unbranched alkanes of at least 4 members (excludes halogenated alkanes) is 3. The zero-order valence-corrected chi connectivity index (χ0v) is 34.9. The van der Waals surface area contributed by atoms with E-state index in [0.717, 1.165) is 5.56 Å². The third kappa shape index (κ3) is 22.0. The van der Waals surface area contributed by atoms with E-state index in [1.54, 1.807) is 44.2 Å². The number of hydrogen-bond acceptors (Lipinski definition) is 12. The number of hydrogen-bond donors (Lipinski definition) is 12. The summed E-state index contributed by atoms with van der Waals surface area (Å²) in [6, 6.07) is 1.52. The Hall–Kier alpha value is -5.18. The smallest absolute Gasteiger partial charge is 0.243 e. The van der Waals surface area contributed by atoms with Crippen LogP contribution in [0, 0.1) is 0 Å². The molecule has 0 fully saturated rings. The second-order valence-corrected chi connectivity index (χ2v) is 14.9. The molecule has 0 radical (unpaired) electrons. The van der Waals surface area contributed by atoms with Gasteiger partial charge in [-0.2, -0.15) is 0 Å². The van der Waals surface area contributed by atoms with Gasteiger partial charge in [-0.3, -0.25) is 38.4 Å². The van der Waals surface area contributed by atoms with Gasteiger partial charge >= 0.3 is 0 Å². The number of primary amides is 1. The number of rotatable bonds is 29. The summed E-state index contributed by atoms with van der Waals surface area (Å²) in [6.45, 7) is 6.87. The van der Waals surface area contributed by atoms with Crippen LogP contribution >= 0.6 is 0 Å². The molecule has 0 bridgehead atoms. The molecule has 0 aliphatic rings. The number of nitrogens with one attached hydrogen (secondary N) is 7. The Kier molecular flexibility index (Phi) is 24.8. The van der Waals surface area contributed by atoms with E-state index < -0.39 is 83.8 Å². The Bertz CT molecular complexity index is 1510. The molecule has 0 spiro atoms. The van der Waals surface area contributed by atoms with Crippen LogP contribution in [-0.4, -0.2) is 115 Å².